The van der Waals surface area contributed by atoms with Crippen LogP contribution in [0.1, 0.15) is 12.8 Å². The molecule has 0 saturated heterocycles. The first-order chi connectivity index (χ1) is 12.7. The van der Waals surface area contributed by atoms with Crippen LogP contribution in [0.4, 0.5) is 24.9 Å². The number of carbonyl (C=O) groups excluding carboxylic acids is 1. The summed E-state index contributed by atoms with van der Waals surface area (Å²) in [5, 5.41) is 5.53. The maximum absolute atomic E-state index is 12.0. The number of rotatable bonds is 7. The van der Waals surface area contributed by atoms with Gasteiger partial charge in [-0.05, 0) is 18.9 Å². The van der Waals surface area contributed by atoms with Gasteiger partial charge in [0.15, 0.2) is 0 Å². The highest BCUT2D eigenvalue weighted by atomic mass is 35.5. The van der Waals surface area contributed by atoms with Crippen LogP contribution < -0.4 is 16.4 Å². The van der Waals surface area contributed by atoms with Crippen LogP contribution in [0.3, 0.4) is 0 Å². The summed E-state index contributed by atoms with van der Waals surface area (Å²) in [7, 11) is 0. The van der Waals surface area contributed by atoms with Gasteiger partial charge >= 0.3 is 12.1 Å². The largest absolute Gasteiger partial charge is 0.471 e. The van der Waals surface area contributed by atoms with Gasteiger partial charge in [0, 0.05) is 24.7 Å². The summed E-state index contributed by atoms with van der Waals surface area (Å²) in [5.41, 5.74) is 6.79. The van der Waals surface area contributed by atoms with E-state index in [2.05, 4.69) is 15.3 Å². The predicted molar refractivity (Wildman–Crippen MR) is 98.7 cm³/mol. The highest BCUT2D eigenvalue weighted by Crippen LogP contribution is 2.33. The van der Waals surface area contributed by atoms with E-state index in [1.807, 2.05) is 5.32 Å². The number of aromatic nitrogens is 2. The molecule has 0 atom stereocenters. The summed E-state index contributed by atoms with van der Waals surface area (Å²) in [6.45, 7) is 0.344. The molecule has 0 unspecified atom stereocenters. The Hall–Kier alpha value is -2.26. The molecule has 4 N–H and O–H groups in total. The van der Waals surface area contributed by atoms with Gasteiger partial charge in [0.1, 0.15) is 5.82 Å². The second-order valence-electron chi connectivity index (χ2n) is 5.49. The van der Waals surface area contributed by atoms with Crippen LogP contribution in [-0.4, -0.2) is 35.1 Å². The second kappa shape index (κ2) is 9.09. The predicted octanol–water partition coefficient (Wildman–Crippen LogP) is 3.90. The van der Waals surface area contributed by atoms with Gasteiger partial charge < -0.3 is 16.4 Å². The van der Waals surface area contributed by atoms with E-state index < -0.39 is 12.1 Å². The number of carbonyl (C=O) groups is 1. The van der Waals surface area contributed by atoms with Crippen molar-refractivity contribution in [3.63, 3.8) is 0 Å². The van der Waals surface area contributed by atoms with E-state index in [4.69, 9.17) is 28.9 Å². The molecule has 146 valence electrons. The number of nitrogen functional groups attached to an aromatic ring is 1. The highest BCUT2D eigenvalue weighted by Gasteiger charge is 2.38. The van der Waals surface area contributed by atoms with E-state index in [9.17, 15) is 18.0 Å². The molecule has 0 fully saturated rings. The van der Waals surface area contributed by atoms with Crippen LogP contribution in [0.15, 0.2) is 24.3 Å². The van der Waals surface area contributed by atoms with Gasteiger partial charge in [0.2, 0.25) is 5.95 Å². The number of nitrogens with two attached hydrogens (primary N) is 1. The van der Waals surface area contributed by atoms with Gasteiger partial charge in [-0.25, -0.2) is 4.98 Å². The molecule has 2 aromatic rings. The summed E-state index contributed by atoms with van der Waals surface area (Å²) in [5.74, 6) is -1.47. The van der Waals surface area contributed by atoms with Crippen molar-refractivity contribution in [2.45, 2.75) is 19.0 Å². The molecule has 0 aliphatic heterocycles. The molecule has 0 aliphatic carbocycles. The molecule has 0 spiro atoms. The number of hydrogen-bond acceptors (Lipinski definition) is 5. The van der Waals surface area contributed by atoms with Gasteiger partial charge in [-0.1, -0.05) is 35.3 Å². The lowest BCUT2D eigenvalue weighted by Crippen LogP contribution is -2.37. The maximum atomic E-state index is 12.0. The summed E-state index contributed by atoms with van der Waals surface area (Å²) in [6, 6.07) is 6.75. The molecule has 11 heteroatoms. The molecule has 0 bridgehead atoms. The van der Waals surface area contributed by atoms with E-state index in [1.54, 1.807) is 24.3 Å². The van der Waals surface area contributed by atoms with Crippen molar-refractivity contribution in [2.75, 3.05) is 24.1 Å². The van der Waals surface area contributed by atoms with Crippen LogP contribution in [0.2, 0.25) is 10.0 Å². The number of anilines is 2. The van der Waals surface area contributed by atoms with Crippen molar-refractivity contribution in [1.82, 2.24) is 15.3 Å². The topological polar surface area (TPSA) is 92.9 Å². The smallest absolute Gasteiger partial charge is 0.370 e. The zero-order valence-electron chi connectivity index (χ0n) is 13.9. The van der Waals surface area contributed by atoms with E-state index in [1.165, 1.54) is 0 Å². The molecule has 1 aromatic carbocycles. The highest BCUT2D eigenvalue weighted by molar-refractivity contribution is 6.43. The van der Waals surface area contributed by atoms with Crippen molar-refractivity contribution in [2.24, 2.45) is 0 Å². The molecule has 1 heterocycles. The van der Waals surface area contributed by atoms with Crippen LogP contribution in [0.25, 0.3) is 11.3 Å². The zero-order chi connectivity index (χ0) is 20.0. The average Bonchev–Trinajstić information content (AvgIpc) is 2.58. The summed E-state index contributed by atoms with van der Waals surface area (Å²) >= 11 is 12.2. The molecular weight excluding hydrogens is 406 g/mol. The summed E-state index contributed by atoms with van der Waals surface area (Å²) in [6.07, 6.45) is -3.99. The fraction of sp³-hybridized carbons (Fsp3) is 0.312. The number of alkyl halides is 3. The van der Waals surface area contributed by atoms with Gasteiger partial charge in [-0.3, -0.25) is 4.79 Å². The SMILES string of the molecule is Nc1nc(NCCCCNC(=O)C(F)(F)F)cc(-c2cccc(Cl)c2Cl)n1. The first-order valence-corrected chi connectivity index (χ1v) is 8.62. The van der Waals surface area contributed by atoms with Crippen molar-refractivity contribution >= 4 is 40.9 Å². The lowest BCUT2D eigenvalue weighted by Gasteiger charge is -2.10. The number of hydrogen-bond donors (Lipinski definition) is 3. The number of halogens is 5. The van der Waals surface area contributed by atoms with Gasteiger partial charge in [-0.2, -0.15) is 18.2 Å². The summed E-state index contributed by atoms with van der Waals surface area (Å²) < 4.78 is 36.1. The number of benzene rings is 1. The summed E-state index contributed by atoms with van der Waals surface area (Å²) in [4.78, 5) is 18.9. The fourth-order valence-corrected chi connectivity index (χ4v) is 2.56. The van der Waals surface area contributed by atoms with E-state index >= 15 is 0 Å². The van der Waals surface area contributed by atoms with E-state index in [0.29, 0.717) is 46.5 Å². The molecule has 1 amide bonds. The third-order valence-electron chi connectivity index (χ3n) is 3.42. The normalized spacial score (nSPS) is 11.3. The maximum Gasteiger partial charge on any atom is 0.471 e. The fourth-order valence-electron chi connectivity index (χ4n) is 2.16. The Morgan fingerprint density at radius 3 is 2.56 bits per heavy atom. The van der Waals surface area contributed by atoms with Crippen molar-refractivity contribution < 1.29 is 18.0 Å². The Morgan fingerprint density at radius 2 is 1.85 bits per heavy atom. The number of amides is 1. The minimum atomic E-state index is -4.87. The van der Waals surface area contributed by atoms with Crippen molar-refractivity contribution in [3.8, 4) is 11.3 Å². The molecule has 0 aliphatic rings. The Kier molecular flexibility index (Phi) is 7.09. The standard InChI is InChI=1S/C16H16Cl2F3N5O/c17-10-5-3-4-9(13(10)18)11-8-12(26-15(22)25-11)23-6-1-2-7-24-14(27)16(19,20)21/h3-5,8H,1-2,6-7H2,(H,24,27)(H3,22,23,25,26). The van der Waals surface area contributed by atoms with Crippen LogP contribution in [0.5, 0.6) is 0 Å². The minimum absolute atomic E-state index is 0.0310. The Labute approximate surface area is 163 Å². The molecule has 0 saturated carbocycles. The lowest BCUT2D eigenvalue weighted by molar-refractivity contribution is -0.173. The third kappa shape index (κ3) is 6.14. The van der Waals surface area contributed by atoms with E-state index in [0.717, 1.165) is 0 Å². The molecule has 27 heavy (non-hydrogen) atoms. The van der Waals surface area contributed by atoms with Crippen LogP contribution >= 0.6 is 23.2 Å². The minimum Gasteiger partial charge on any atom is -0.370 e. The Morgan fingerprint density at radius 1 is 1.15 bits per heavy atom. The average molecular weight is 422 g/mol. The first-order valence-electron chi connectivity index (χ1n) is 7.86. The number of unbranched alkanes of at least 4 members (excludes halogenated alkanes) is 1. The monoisotopic (exact) mass is 421 g/mol. The van der Waals surface area contributed by atoms with Gasteiger partial charge in [0.25, 0.3) is 0 Å². The molecule has 2 rings (SSSR count). The second-order valence-corrected chi connectivity index (χ2v) is 6.27. The quantitative estimate of drug-likeness (QED) is 0.589. The Bertz CT molecular complexity index is 817. The van der Waals surface area contributed by atoms with Crippen molar-refractivity contribution in [1.29, 1.82) is 0 Å². The molecular formula is C16H16Cl2F3N5O. The third-order valence-corrected chi connectivity index (χ3v) is 4.24. The molecule has 1 aromatic heterocycles. The van der Waals surface area contributed by atoms with Gasteiger partial charge in [0.05, 0.1) is 15.7 Å². The van der Waals surface area contributed by atoms with Crippen LogP contribution in [-0.2, 0) is 4.79 Å². The first kappa shape index (κ1) is 21.0. The zero-order valence-corrected chi connectivity index (χ0v) is 15.4. The van der Waals surface area contributed by atoms with Crippen LogP contribution in [0, 0.1) is 0 Å². The lowest BCUT2D eigenvalue weighted by atomic mass is 10.1. The van der Waals surface area contributed by atoms with Gasteiger partial charge in [-0.15, -0.1) is 0 Å². The number of nitrogens with one attached hydrogen (secondary N) is 2. The molecule has 0 radical (unpaired) electrons. The molecule has 6 nitrogen and oxygen atoms in total. The van der Waals surface area contributed by atoms with E-state index in [-0.39, 0.29) is 12.5 Å². The van der Waals surface area contributed by atoms with Crippen molar-refractivity contribution in [3.05, 3.63) is 34.3 Å². The number of nitrogens with zero attached hydrogens (tertiary/aromatic N) is 2. The Balaban J connectivity index is 1.90.